The summed E-state index contributed by atoms with van der Waals surface area (Å²) < 4.78 is 0. The van der Waals surface area contributed by atoms with E-state index in [-0.39, 0.29) is 6.04 Å². The van der Waals surface area contributed by atoms with Crippen molar-refractivity contribution in [1.29, 1.82) is 0 Å². The molecule has 4 N–H and O–H groups in total. The summed E-state index contributed by atoms with van der Waals surface area (Å²) in [4.78, 5) is 4.27. The van der Waals surface area contributed by atoms with Crippen LogP contribution in [0.3, 0.4) is 0 Å². The zero-order valence-electron chi connectivity index (χ0n) is 9.71. The third kappa shape index (κ3) is 3.72. The Bertz CT molecular complexity index is 388. The summed E-state index contributed by atoms with van der Waals surface area (Å²) in [5.74, 6) is 5.87. The van der Waals surface area contributed by atoms with Gasteiger partial charge in [-0.25, -0.2) is 10.8 Å². The van der Waals surface area contributed by atoms with Gasteiger partial charge in [0.15, 0.2) is 0 Å². The SMILES string of the molecule is Cc1ccc(Cl)c(NC(=NC(C)C)NN)c1. The predicted molar refractivity (Wildman–Crippen MR) is 69.7 cm³/mol. The van der Waals surface area contributed by atoms with Gasteiger partial charge in [0, 0.05) is 6.04 Å². The molecule has 88 valence electrons. The van der Waals surface area contributed by atoms with Crippen molar-refractivity contribution in [3.63, 3.8) is 0 Å². The van der Waals surface area contributed by atoms with Crippen LogP contribution in [-0.2, 0) is 0 Å². The van der Waals surface area contributed by atoms with Crippen molar-refractivity contribution in [3.8, 4) is 0 Å². The van der Waals surface area contributed by atoms with Crippen molar-refractivity contribution < 1.29 is 0 Å². The molecule has 0 fully saturated rings. The summed E-state index contributed by atoms with van der Waals surface area (Å²) in [5, 5.41) is 3.69. The number of nitrogens with two attached hydrogens (primary N) is 1. The molecule has 1 aromatic rings. The number of aryl methyl sites for hydroxylation is 1. The molecule has 4 nitrogen and oxygen atoms in total. The van der Waals surface area contributed by atoms with Gasteiger partial charge < -0.3 is 5.32 Å². The molecule has 5 heteroatoms. The van der Waals surface area contributed by atoms with Gasteiger partial charge in [-0.1, -0.05) is 17.7 Å². The summed E-state index contributed by atoms with van der Waals surface area (Å²) in [6.45, 7) is 5.93. The Hall–Kier alpha value is -1.26. The number of nitrogens with zero attached hydrogens (tertiary/aromatic N) is 1. The minimum absolute atomic E-state index is 0.155. The van der Waals surface area contributed by atoms with E-state index in [1.165, 1.54) is 0 Å². The molecule has 0 aliphatic carbocycles. The van der Waals surface area contributed by atoms with Crippen LogP contribution in [0.1, 0.15) is 19.4 Å². The number of aliphatic imine (C=N–C) groups is 1. The van der Waals surface area contributed by atoms with Crippen LogP contribution in [-0.4, -0.2) is 12.0 Å². The van der Waals surface area contributed by atoms with Gasteiger partial charge in [0.05, 0.1) is 10.7 Å². The molecular weight excluding hydrogens is 224 g/mol. The second kappa shape index (κ2) is 5.72. The lowest BCUT2D eigenvalue weighted by atomic mass is 10.2. The third-order valence-corrected chi connectivity index (χ3v) is 2.23. The number of hydrogen-bond donors (Lipinski definition) is 3. The van der Waals surface area contributed by atoms with Crippen LogP contribution < -0.4 is 16.6 Å². The fourth-order valence-corrected chi connectivity index (χ4v) is 1.39. The van der Waals surface area contributed by atoms with Crippen molar-refractivity contribution in [2.45, 2.75) is 26.8 Å². The van der Waals surface area contributed by atoms with E-state index in [9.17, 15) is 0 Å². The predicted octanol–water partition coefficient (Wildman–Crippen LogP) is 2.29. The van der Waals surface area contributed by atoms with E-state index in [2.05, 4.69) is 15.7 Å². The standard InChI is InChI=1S/C11H17ClN4/c1-7(2)14-11(16-13)15-10-6-8(3)4-5-9(10)12/h4-7H,13H2,1-3H3,(H2,14,15,16). The molecule has 1 rings (SSSR count). The highest BCUT2D eigenvalue weighted by molar-refractivity contribution is 6.33. The summed E-state index contributed by atoms with van der Waals surface area (Å²) in [6.07, 6.45) is 0. The zero-order valence-corrected chi connectivity index (χ0v) is 10.5. The Morgan fingerprint density at radius 2 is 2.12 bits per heavy atom. The maximum absolute atomic E-state index is 6.05. The van der Waals surface area contributed by atoms with Gasteiger partial charge in [-0.05, 0) is 38.5 Å². The fraction of sp³-hybridized carbons (Fsp3) is 0.364. The minimum atomic E-state index is 0.155. The largest absolute Gasteiger partial charge is 0.324 e. The quantitative estimate of drug-likeness (QED) is 0.322. The third-order valence-electron chi connectivity index (χ3n) is 1.90. The molecule has 0 atom stereocenters. The van der Waals surface area contributed by atoms with E-state index in [0.717, 1.165) is 11.3 Å². The van der Waals surface area contributed by atoms with Crippen LogP contribution in [0.2, 0.25) is 5.02 Å². The van der Waals surface area contributed by atoms with Gasteiger partial charge in [-0.2, -0.15) is 0 Å². The van der Waals surface area contributed by atoms with Crippen LogP contribution in [0.5, 0.6) is 0 Å². The van der Waals surface area contributed by atoms with E-state index in [0.29, 0.717) is 11.0 Å². The lowest BCUT2D eigenvalue weighted by Gasteiger charge is -2.12. The van der Waals surface area contributed by atoms with Gasteiger partial charge in [0.25, 0.3) is 0 Å². The molecule has 0 radical (unpaired) electrons. The van der Waals surface area contributed by atoms with Crippen LogP contribution in [0.4, 0.5) is 5.69 Å². The summed E-state index contributed by atoms with van der Waals surface area (Å²) in [5.41, 5.74) is 4.42. The van der Waals surface area contributed by atoms with Crippen molar-refractivity contribution in [1.82, 2.24) is 5.43 Å². The van der Waals surface area contributed by atoms with Crippen molar-refractivity contribution in [2.24, 2.45) is 10.8 Å². The number of anilines is 1. The monoisotopic (exact) mass is 240 g/mol. The van der Waals surface area contributed by atoms with Crippen LogP contribution in [0.15, 0.2) is 23.2 Å². The number of rotatable bonds is 2. The first kappa shape index (κ1) is 12.8. The molecule has 0 spiro atoms. The van der Waals surface area contributed by atoms with Crippen LogP contribution in [0, 0.1) is 6.92 Å². The number of nitrogens with one attached hydrogen (secondary N) is 2. The zero-order chi connectivity index (χ0) is 12.1. The number of halogens is 1. The van der Waals surface area contributed by atoms with Crippen molar-refractivity contribution >= 4 is 23.2 Å². The highest BCUT2D eigenvalue weighted by atomic mass is 35.5. The topological polar surface area (TPSA) is 62.4 Å². The minimum Gasteiger partial charge on any atom is -0.324 e. The van der Waals surface area contributed by atoms with E-state index >= 15 is 0 Å². The van der Waals surface area contributed by atoms with E-state index < -0.39 is 0 Å². The highest BCUT2D eigenvalue weighted by Crippen LogP contribution is 2.22. The van der Waals surface area contributed by atoms with Crippen molar-refractivity contribution in [2.75, 3.05) is 5.32 Å². The first-order valence-electron chi connectivity index (χ1n) is 5.10. The van der Waals surface area contributed by atoms with Gasteiger partial charge >= 0.3 is 0 Å². The van der Waals surface area contributed by atoms with E-state index in [1.54, 1.807) is 0 Å². The molecule has 16 heavy (non-hydrogen) atoms. The molecule has 0 saturated carbocycles. The molecule has 0 aromatic heterocycles. The average Bonchev–Trinajstić information content (AvgIpc) is 2.21. The second-order valence-electron chi connectivity index (χ2n) is 3.82. The van der Waals surface area contributed by atoms with E-state index in [4.69, 9.17) is 17.4 Å². The number of benzene rings is 1. The highest BCUT2D eigenvalue weighted by Gasteiger charge is 2.03. The second-order valence-corrected chi connectivity index (χ2v) is 4.23. The Labute approximate surface area is 101 Å². The Morgan fingerprint density at radius 3 is 2.69 bits per heavy atom. The molecule has 0 amide bonds. The van der Waals surface area contributed by atoms with Gasteiger partial charge in [0.1, 0.15) is 0 Å². The molecule has 0 heterocycles. The normalized spacial score (nSPS) is 11.8. The Balaban J connectivity index is 2.90. The molecule has 0 saturated heterocycles. The molecule has 1 aromatic carbocycles. The maximum atomic E-state index is 6.05. The maximum Gasteiger partial charge on any atom is 0.210 e. The van der Waals surface area contributed by atoms with Crippen LogP contribution in [0.25, 0.3) is 0 Å². The Morgan fingerprint density at radius 1 is 1.44 bits per heavy atom. The van der Waals surface area contributed by atoms with Gasteiger partial charge in [-0.3, -0.25) is 5.43 Å². The molecule has 0 bridgehead atoms. The first-order valence-corrected chi connectivity index (χ1v) is 5.48. The fourth-order valence-electron chi connectivity index (χ4n) is 1.23. The smallest absolute Gasteiger partial charge is 0.210 e. The molecular formula is C11H17ClN4. The lowest BCUT2D eigenvalue weighted by Crippen LogP contribution is -2.37. The Kier molecular flexibility index (Phi) is 4.58. The van der Waals surface area contributed by atoms with Crippen molar-refractivity contribution in [3.05, 3.63) is 28.8 Å². The number of hydrogen-bond acceptors (Lipinski definition) is 2. The molecule has 0 aliphatic heterocycles. The van der Waals surface area contributed by atoms with E-state index in [1.807, 2.05) is 39.0 Å². The molecule has 0 aliphatic rings. The average molecular weight is 241 g/mol. The number of hydrazine groups is 1. The summed E-state index contributed by atoms with van der Waals surface area (Å²) in [7, 11) is 0. The number of guanidine groups is 1. The molecule has 0 unspecified atom stereocenters. The van der Waals surface area contributed by atoms with Gasteiger partial charge in [-0.15, -0.1) is 0 Å². The van der Waals surface area contributed by atoms with Crippen LogP contribution >= 0.6 is 11.6 Å². The summed E-state index contributed by atoms with van der Waals surface area (Å²) >= 11 is 6.05. The summed E-state index contributed by atoms with van der Waals surface area (Å²) in [6, 6.07) is 5.88. The first-order chi connectivity index (χ1) is 7.52. The van der Waals surface area contributed by atoms with Gasteiger partial charge in [0.2, 0.25) is 5.96 Å². The lowest BCUT2D eigenvalue weighted by molar-refractivity contribution is 0.819.